The van der Waals surface area contributed by atoms with E-state index in [1.165, 1.54) is 0 Å². The minimum atomic E-state index is -3.02. The summed E-state index contributed by atoms with van der Waals surface area (Å²) < 4.78 is 55.8. The summed E-state index contributed by atoms with van der Waals surface area (Å²) in [5, 5.41) is 5.44. The first-order valence-electron chi connectivity index (χ1n) is 19.4. The fraction of sp³-hybridized carbons (Fsp3) is 0.476. The first-order valence-corrected chi connectivity index (χ1v) is 19.4. The molecular formula is C42H50F4N8O4. The summed E-state index contributed by atoms with van der Waals surface area (Å²) in [6.07, 6.45) is 3.03. The number of rotatable bonds is 7. The molecule has 2 aliphatic heterocycles. The van der Waals surface area contributed by atoms with Gasteiger partial charge in [-0.1, -0.05) is 90.1 Å². The summed E-state index contributed by atoms with van der Waals surface area (Å²) in [5.74, 6) is -9.11. The molecule has 2 atom stereocenters. The number of benzene rings is 2. The molecule has 0 saturated carbocycles. The summed E-state index contributed by atoms with van der Waals surface area (Å²) in [6, 6.07) is 14.0. The molecule has 2 saturated heterocycles. The number of amides is 4. The van der Waals surface area contributed by atoms with Crippen LogP contribution in [-0.2, 0) is 19.2 Å². The Balaban J connectivity index is 1.11. The molecule has 2 aliphatic rings. The highest BCUT2D eigenvalue weighted by molar-refractivity contribution is 6.35. The van der Waals surface area contributed by atoms with E-state index in [9.17, 15) is 36.7 Å². The number of aromatic nitrogens is 4. The van der Waals surface area contributed by atoms with E-state index in [1.807, 2.05) is 90.1 Å². The number of aromatic amines is 2. The Morgan fingerprint density at radius 1 is 0.603 bits per heavy atom. The van der Waals surface area contributed by atoms with Crippen molar-refractivity contribution in [3.63, 3.8) is 0 Å². The minimum absolute atomic E-state index is 0.0969. The number of alkyl halides is 4. The molecule has 0 bridgehead atoms. The first kappa shape index (κ1) is 42.1. The van der Waals surface area contributed by atoms with Gasteiger partial charge in [-0.25, -0.2) is 27.5 Å². The van der Waals surface area contributed by atoms with Crippen LogP contribution in [0.5, 0.6) is 0 Å². The molecule has 2 unspecified atom stereocenters. The van der Waals surface area contributed by atoms with Crippen molar-refractivity contribution >= 4 is 23.6 Å². The van der Waals surface area contributed by atoms with Crippen LogP contribution in [0, 0.1) is 10.8 Å². The zero-order valence-corrected chi connectivity index (χ0v) is 33.5. The topological polar surface area (TPSA) is 156 Å². The average molecular weight is 807 g/mol. The number of imidazole rings is 2. The fourth-order valence-corrected chi connectivity index (χ4v) is 7.27. The molecule has 16 heteroatoms. The number of H-pyrrole nitrogens is 2. The van der Waals surface area contributed by atoms with E-state index >= 15 is 0 Å². The van der Waals surface area contributed by atoms with Crippen molar-refractivity contribution in [3.8, 4) is 33.6 Å². The van der Waals surface area contributed by atoms with Gasteiger partial charge in [-0.15, -0.1) is 0 Å². The number of hydrogen-bond acceptors (Lipinski definition) is 6. The Labute approximate surface area is 334 Å². The molecule has 4 N–H and O–H groups in total. The molecule has 0 spiro atoms. The van der Waals surface area contributed by atoms with Gasteiger partial charge >= 0.3 is 23.6 Å². The van der Waals surface area contributed by atoms with Crippen LogP contribution in [0.1, 0.15) is 91.0 Å². The maximum atomic E-state index is 13.9. The van der Waals surface area contributed by atoms with Crippen molar-refractivity contribution in [2.24, 2.45) is 10.8 Å². The van der Waals surface area contributed by atoms with Gasteiger partial charge in [0.1, 0.15) is 11.6 Å². The summed E-state index contributed by atoms with van der Waals surface area (Å²) in [6.45, 7) is 9.90. The highest BCUT2D eigenvalue weighted by Crippen LogP contribution is 2.35. The minimum Gasteiger partial charge on any atom is -0.346 e. The molecule has 0 aliphatic carbocycles. The predicted molar refractivity (Wildman–Crippen MR) is 209 cm³/mol. The standard InChI is InChI=1S/C42H50F4N8O4/c1-39(2,3)31(51-35(55)37(57)53-19-7-17-41(43,44)23-53)33-47-21-29(49-33)27-13-9-25(10-14-27)26-11-15-28(16-12-26)30-22-48-34(50-30)32(40(4,5)6)52-36(56)38(58)54-20-8-18-42(45,46)24-54/h9-16,21-22,31-32H,7-8,17-20,23-24H2,1-6H3,(H,47,49)(H,48,50)(H,51,55)(H,52,56). The Bertz CT molecular complexity index is 1980. The lowest BCUT2D eigenvalue weighted by atomic mass is 9.86. The fourth-order valence-electron chi connectivity index (χ4n) is 7.27. The van der Waals surface area contributed by atoms with Gasteiger partial charge in [0, 0.05) is 49.5 Å². The molecule has 4 aromatic rings. The summed E-state index contributed by atoms with van der Waals surface area (Å²) in [5.41, 5.74) is 3.53. The van der Waals surface area contributed by atoms with Crippen LogP contribution in [0.25, 0.3) is 33.6 Å². The largest absolute Gasteiger partial charge is 0.346 e. The Hall–Kier alpha value is -5.54. The average Bonchev–Trinajstić information content (AvgIpc) is 3.85. The molecule has 310 valence electrons. The number of carbonyl (C=O) groups excluding carboxylic acids is 4. The number of carbonyl (C=O) groups is 4. The Morgan fingerprint density at radius 2 is 0.931 bits per heavy atom. The molecule has 6 rings (SSSR count). The normalized spacial score (nSPS) is 18.0. The molecule has 2 fully saturated rings. The van der Waals surface area contributed by atoms with Crippen LogP contribution in [0.3, 0.4) is 0 Å². The van der Waals surface area contributed by atoms with Crippen LogP contribution in [0.15, 0.2) is 60.9 Å². The number of halogens is 4. The molecule has 4 amide bonds. The summed E-state index contributed by atoms with van der Waals surface area (Å²) >= 11 is 0. The molecule has 2 aromatic heterocycles. The van der Waals surface area contributed by atoms with Crippen molar-refractivity contribution < 1.29 is 36.7 Å². The van der Waals surface area contributed by atoms with E-state index in [0.717, 1.165) is 32.1 Å². The van der Waals surface area contributed by atoms with Crippen LogP contribution in [0.4, 0.5) is 17.6 Å². The second-order valence-corrected chi connectivity index (χ2v) is 17.4. The molecule has 4 heterocycles. The van der Waals surface area contributed by atoms with Crippen molar-refractivity contribution in [1.82, 2.24) is 40.4 Å². The number of nitrogens with zero attached hydrogens (tertiary/aromatic N) is 4. The van der Waals surface area contributed by atoms with E-state index in [4.69, 9.17) is 9.97 Å². The smallest absolute Gasteiger partial charge is 0.312 e. The van der Waals surface area contributed by atoms with E-state index in [-0.39, 0.29) is 38.8 Å². The molecule has 2 aromatic carbocycles. The number of piperidine rings is 2. The Kier molecular flexibility index (Phi) is 11.6. The van der Waals surface area contributed by atoms with Gasteiger partial charge in [-0.05, 0) is 34.8 Å². The van der Waals surface area contributed by atoms with Crippen LogP contribution in [-0.4, -0.2) is 91.4 Å². The van der Waals surface area contributed by atoms with Crippen LogP contribution in [0.2, 0.25) is 0 Å². The third-order valence-corrected chi connectivity index (χ3v) is 10.5. The van der Waals surface area contributed by atoms with Gasteiger partial charge in [0.25, 0.3) is 11.8 Å². The summed E-state index contributed by atoms with van der Waals surface area (Å²) in [7, 11) is 0. The van der Waals surface area contributed by atoms with Crippen molar-refractivity contribution in [2.45, 2.75) is 91.2 Å². The molecule has 58 heavy (non-hydrogen) atoms. The lowest BCUT2D eigenvalue weighted by Crippen LogP contribution is -2.52. The van der Waals surface area contributed by atoms with Crippen LogP contribution < -0.4 is 10.6 Å². The maximum Gasteiger partial charge on any atom is 0.312 e. The molecular weight excluding hydrogens is 757 g/mol. The second-order valence-electron chi connectivity index (χ2n) is 17.4. The van der Waals surface area contributed by atoms with E-state index < -0.39 is 71.5 Å². The molecule has 12 nitrogen and oxygen atoms in total. The van der Waals surface area contributed by atoms with Gasteiger partial charge in [-0.2, -0.15) is 0 Å². The molecule has 0 radical (unpaired) electrons. The predicted octanol–water partition coefficient (Wildman–Crippen LogP) is 7.06. The van der Waals surface area contributed by atoms with Gasteiger partial charge < -0.3 is 30.4 Å². The van der Waals surface area contributed by atoms with Crippen LogP contribution >= 0.6 is 0 Å². The zero-order chi connectivity index (χ0) is 42.2. The van der Waals surface area contributed by atoms with Crippen molar-refractivity contribution in [3.05, 3.63) is 72.6 Å². The Morgan fingerprint density at radius 3 is 1.24 bits per heavy atom. The third-order valence-electron chi connectivity index (χ3n) is 10.5. The lowest BCUT2D eigenvalue weighted by molar-refractivity contribution is -0.153. The van der Waals surface area contributed by atoms with E-state index in [2.05, 4.69) is 20.6 Å². The highest BCUT2D eigenvalue weighted by Gasteiger charge is 2.42. The second kappa shape index (κ2) is 16.0. The number of nitrogens with one attached hydrogen (secondary N) is 4. The van der Waals surface area contributed by atoms with Crippen molar-refractivity contribution in [1.29, 1.82) is 0 Å². The monoisotopic (exact) mass is 806 g/mol. The quantitative estimate of drug-likeness (QED) is 0.116. The summed E-state index contributed by atoms with van der Waals surface area (Å²) in [4.78, 5) is 69.1. The first-order chi connectivity index (χ1) is 27.1. The number of likely N-dealkylation sites (tertiary alicyclic amines) is 2. The lowest BCUT2D eigenvalue weighted by Gasteiger charge is -2.33. The van der Waals surface area contributed by atoms with E-state index in [0.29, 0.717) is 23.0 Å². The van der Waals surface area contributed by atoms with E-state index in [1.54, 1.807) is 12.4 Å². The van der Waals surface area contributed by atoms with Crippen molar-refractivity contribution in [2.75, 3.05) is 26.2 Å². The SMILES string of the molecule is CC(C)(C)C(NC(=O)C(=O)N1CCCC(F)(F)C1)c1nc(-c2ccc(-c3ccc(-c4c[nH]c(C(NC(=O)C(=O)N5CCCC(F)(F)C5)C(C)(C)C)n4)cc3)cc2)c[nH]1. The van der Waals surface area contributed by atoms with Gasteiger partial charge in [0.05, 0.1) is 36.6 Å². The van der Waals surface area contributed by atoms with Gasteiger partial charge in [0.15, 0.2) is 0 Å². The van der Waals surface area contributed by atoms with Gasteiger partial charge in [-0.3, -0.25) is 19.2 Å². The third kappa shape index (κ3) is 9.76. The number of hydrogen-bond donors (Lipinski definition) is 4. The zero-order valence-electron chi connectivity index (χ0n) is 33.5. The maximum absolute atomic E-state index is 13.9. The highest BCUT2D eigenvalue weighted by atomic mass is 19.3. The van der Waals surface area contributed by atoms with Gasteiger partial charge in [0.2, 0.25) is 0 Å².